The van der Waals surface area contributed by atoms with Gasteiger partial charge in [0.05, 0.1) is 31.7 Å². The Morgan fingerprint density at radius 3 is 2.27 bits per heavy atom. The fourth-order valence-electron chi connectivity index (χ4n) is 6.18. The fourth-order valence-corrected chi connectivity index (χ4v) is 6.18. The highest BCUT2D eigenvalue weighted by Gasteiger charge is 2.62. The Hall–Kier alpha value is -3.88. The van der Waals surface area contributed by atoms with Crippen LogP contribution in [0.5, 0.6) is 11.5 Å². The van der Waals surface area contributed by atoms with Crippen LogP contribution in [0.2, 0.25) is 0 Å². The van der Waals surface area contributed by atoms with Crippen LogP contribution in [0.15, 0.2) is 48.5 Å². The summed E-state index contributed by atoms with van der Waals surface area (Å²) in [4.78, 5) is 53.9. The van der Waals surface area contributed by atoms with Crippen LogP contribution in [0.3, 0.4) is 0 Å². The minimum atomic E-state index is -1.13. The van der Waals surface area contributed by atoms with Gasteiger partial charge in [-0.3, -0.25) is 19.3 Å². The highest BCUT2D eigenvalue weighted by Crippen LogP contribution is 2.56. The molecule has 1 saturated heterocycles. The van der Waals surface area contributed by atoms with E-state index in [1.165, 1.54) is 14.2 Å². The number of esters is 1. The molecule has 3 amide bonds. The van der Waals surface area contributed by atoms with Gasteiger partial charge in [0.15, 0.2) is 6.61 Å². The Labute approximate surface area is 215 Å². The molecule has 0 aromatic heterocycles. The van der Waals surface area contributed by atoms with Gasteiger partial charge < -0.3 is 19.5 Å². The predicted molar refractivity (Wildman–Crippen MR) is 133 cm³/mol. The molecule has 2 aromatic rings. The maximum absolute atomic E-state index is 13.4. The smallest absolute Gasteiger partial charge is 0.330 e. The van der Waals surface area contributed by atoms with E-state index in [1.807, 2.05) is 30.3 Å². The van der Waals surface area contributed by atoms with Gasteiger partial charge in [-0.2, -0.15) is 0 Å². The van der Waals surface area contributed by atoms with Crippen molar-refractivity contribution < 1.29 is 33.4 Å². The Balaban J connectivity index is 1.30. The molecule has 2 bridgehead atoms. The van der Waals surface area contributed by atoms with Crippen molar-refractivity contribution in [2.75, 3.05) is 26.1 Å². The highest BCUT2D eigenvalue weighted by atomic mass is 16.5. The van der Waals surface area contributed by atoms with E-state index < -0.39 is 24.5 Å². The third kappa shape index (κ3) is 4.65. The first-order chi connectivity index (χ1) is 17.9. The zero-order valence-corrected chi connectivity index (χ0v) is 20.8. The second-order valence-corrected chi connectivity index (χ2v) is 9.86. The van der Waals surface area contributed by atoms with Gasteiger partial charge in [0.2, 0.25) is 11.8 Å². The number of nitrogens with zero attached hydrogens (tertiary/aromatic N) is 1. The van der Waals surface area contributed by atoms with Gasteiger partial charge in [-0.1, -0.05) is 30.3 Å². The second-order valence-electron chi connectivity index (χ2n) is 9.86. The summed E-state index contributed by atoms with van der Waals surface area (Å²) in [6, 6.07) is 12.9. The van der Waals surface area contributed by atoms with Gasteiger partial charge in [-0.05, 0) is 48.8 Å². The highest BCUT2D eigenvalue weighted by molar-refractivity contribution is 6.08. The fraction of sp³-hybridized carbons (Fsp3) is 0.429. The van der Waals surface area contributed by atoms with Gasteiger partial charge in [-0.25, -0.2) is 4.79 Å². The van der Waals surface area contributed by atoms with Gasteiger partial charge in [0.25, 0.3) is 5.91 Å². The van der Waals surface area contributed by atoms with Crippen LogP contribution in [0.1, 0.15) is 24.8 Å². The summed E-state index contributed by atoms with van der Waals surface area (Å²) in [5.41, 5.74) is 1.18. The summed E-state index contributed by atoms with van der Waals surface area (Å²) in [5, 5.41) is 2.65. The average Bonchev–Trinajstić information content (AvgIpc) is 3.60. The molecule has 2 saturated carbocycles. The minimum Gasteiger partial charge on any atom is -0.497 e. The van der Waals surface area contributed by atoms with Crippen LogP contribution in [0.25, 0.3) is 0 Å². The van der Waals surface area contributed by atoms with Gasteiger partial charge in [0.1, 0.15) is 17.5 Å². The number of carbonyl (C=O) groups excluding carboxylic acids is 4. The SMILES string of the molecule is COc1ccc(NC(=O)COC(=O)[C@@H](Cc2ccccc2)N2C(=O)[C@@H]3[C@H]4CC[C@@H](C4)[C@@H]3C2=O)c(OC)c1. The number of rotatable bonds is 9. The molecule has 194 valence electrons. The largest absolute Gasteiger partial charge is 0.497 e. The van der Waals surface area contributed by atoms with Crippen molar-refractivity contribution in [3.05, 3.63) is 54.1 Å². The lowest BCUT2D eigenvalue weighted by Crippen LogP contribution is -2.48. The molecule has 37 heavy (non-hydrogen) atoms. The van der Waals surface area contributed by atoms with E-state index >= 15 is 0 Å². The molecule has 5 atom stereocenters. The lowest BCUT2D eigenvalue weighted by atomic mass is 9.81. The van der Waals surface area contributed by atoms with Gasteiger partial charge in [-0.15, -0.1) is 0 Å². The van der Waals surface area contributed by atoms with E-state index in [0.717, 1.165) is 29.7 Å². The van der Waals surface area contributed by atoms with Crippen LogP contribution in [0.4, 0.5) is 5.69 Å². The van der Waals surface area contributed by atoms with Crippen molar-refractivity contribution in [3.8, 4) is 11.5 Å². The lowest BCUT2D eigenvalue weighted by Gasteiger charge is -2.26. The number of hydrogen-bond donors (Lipinski definition) is 1. The number of hydrogen-bond acceptors (Lipinski definition) is 7. The Morgan fingerprint density at radius 2 is 1.65 bits per heavy atom. The van der Waals surface area contributed by atoms with Crippen molar-refractivity contribution in [2.45, 2.75) is 31.7 Å². The van der Waals surface area contributed by atoms with Crippen LogP contribution in [0, 0.1) is 23.7 Å². The number of carbonyl (C=O) groups is 4. The Bertz CT molecular complexity index is 1190. The van der Waals surface area contributed by atoms with Crippen LogP contribution < -0.4 is 14.8 Å². The van der Waals surface area contributed by atoms with Crippen molar-refractivity contribution in [1.29, 1.82) is 0 Å². The summed E-state index contributed by atoms with van der Waals surface area (Å²) >= 11 is 0. The maximum Gasteiger partial charge on any atom is 0.330 e. The van der Waals surface area contributed by atoms with E-state index in [4.69, 9.17) is 14.2 Å². The molecule has 1 aliphatic heterocycles. The summed E-state index contributed by atoms with van der Waals surface area (Å²) in [7, 11) is 2.98. The van der Waals surface area contributed by atoms with E-state index in [-0.39, 0.29) is 41.9 Å². The maximum atomic E-state index is 13.4. The number of anilines is 1. The predicted octanol–water partition coefficient (Wildman–Crippen LogP) is 2.83. The number of ether oxygens (including phenoxy) is 3. The molecule has 1 heterocycles. The summed E-state index contributed by atoms with van der Waals surface area (Å²) in [6.07, 6.45) is 2.92. The van der Waals surface area contributed by atoms with Crippen molar-refractivity contribution in [2.24, 2.45) is 23.7 Å². The first kappa shape index (κ1) is 24.8. The van der Waals surface area contributed by atoms with Crippen LogP contribution >= 0.6 is 0 Å². The van der Waals surface area contributed by atoms with E-state index in [1.54, 1.807) is 18.2 Å². The quantitative estimate of drug-likeness (QED) is 0.411. The third-order valence-corrected chi connectivity index (χ3v) is 7.85. The molecule has 3 fully saturated rings. The van der Waals surface area contributed by atoms with Gasteiger partial charge in [0, 0.05) is 12.5 Å². The normalized spacial score (nSPS) is 24.5. The number of imide groups is 1. The average molecular weight is 507 g/mol. The first-order valence-electron chi connectivity index (χ1n) is 12.5. The van der Waals surface area contributed by atoms with E-state index in [9.17, 15) is 19.2 Å². The topological polar surface area (TPSA) is 111 Å². The molecule has 1 N–H and O–H groups in total. The van der Waals surface area contributed by atoms with Crippen molar-refractivity contribution in [3.63, 3.8) is 0 Å². The summed E-state index contributed by atoms with van der Waals surface area (Å²) in [6.45, 7) is -0.576. The van der Waals surface area contributed by atoms with E-state index in [0.29, 0.717) is 17.2 Å². The molecule has 2 aliphatic carbocycles. The van der Waals surface area contributed by atoms with Crippen molar-refractivity contribution >= 4 is 29.4 Å². The molecule has 0 spiro atoms. The number of methoxy groups -OCH3 is 2. The molecule has 9 nitrogen and oxygen atoms in total. The molecule has 5 rings (SSSR count). The number of nitrogens with one attached hydrogen (secondary N) is 1. The monoisotopic (exact) mass is 506 g/mol. The first-order valence-corrected chi connectivity index (χ1v) is 12.5. The Kier molecular flexibility index (Phi) is 6.86. The van der Waals surface area contributed by atoms with Crippen molar-refractivity contribution in [1.82, 2.24) is 4.90 Å². The zero-order chi connectivity index (χ0) is 26.1. The summed E-state index contributed by atoms with van der Waals surface area (Å²) < 4.78 is 15.8. The van der Waals surface area contributed by atoms with E-state index in [2.05, 4.69) is 5.32 Å². The number of fused-ring (bicyclic) bond motifs is 5. The molecular weight excluding hydrogens is 476 g/mol. The summed E-state index contributed by atoms with van der Waals surface area (Å²) in [5.74, 6) is -1.27. The number of likely N-dealkylation sites (tertiary alicyclic amines) is 1. The molecule has 9 heteroatoms. The number of amides is 3. The lowest BCUT2D eigenvalue weighted by molar-refractivity contribution is -0.160. The number of benzene rings is 2. The zero-order valence-electron chi connectivity index (χ0n) is 20.8. The van der Waals surface area contributed by atoms with Crippen LogP contribution in [-0.2, 0) is 30.3 Å². The molecule has 2 aromatic carbocycles. The molecule has 3 aliphatic rings. The standard InChI is InChI=1S/C28H30N2O7/c1-35-19-10-11-20(22(14-19)36-2)29-23(31)15-37-28(34)21(12-16-6-4-3-5-7-16)30-26(32)24-17-8-9-18(13-17)25(24)27(30)33/h3-7,10-11,14,17-18,21,24-25H,8-9,12-13,15H2,1-2H3,(H,29,31)/t17-,18-,21+,24-,25+/m0/s1. The molecular formula is C28H30N2O7. The van der Waals surface area contributed by atoms with Crippen LogP contribution in [-0.4, -0.2) is 55.5 Å². The third-order valence-electron chi connectivity index (χ3n) is 7.85. The van der Waals surface area contributed by atoms with Gasteiger partial charge >= 0.3 is 5.97 Å². The second kappa shape index (κ2) is 10.2. The molecule has 0 unspecified atom stereocenters. The Morgan fingerprint density at radius 1 is 0.973 bits per heavy atom. The minimum absolute atomic E-state index is 0.125. The molecule has 0 radical (unpaired) electrons.